The molecule has 2 aromatic rings. The molecule has 34 heavy (non-hydrogen) atoms. The van der Waals surface area contributed by atoms with Crippen LogP contribution < -0.4 is 15.4 Å². The van der Waals surface area contributed by atoms with Gasteiger partial charge >= 0.3 is 0 Å². The molecule has 1 fully saturated rings. The van der Waals surface area contributed by atoms with E-state index in [0.717, 1.165) is 31.4 Å². The molecular formula is C25H33N3O4S2. The van der Waals surface area contributed by atoms with Gasteiger partial charge in [-0.2, -0.15) is 4.31 Å². The van der Waals surface area contributed by atoms with Gasteiger partial charge in [0, 0.05) is 24.3 Å². The lowest BCUT2D eigenvalue weighted by Gasteiger charge is -2.16. The Morgan fingerprint density at radius 3 is 2.26 bits per heavy atom. The number of nitrogens with one attached hydrogen (secondary N) is 2. The molecule has 0 unspecified atom stereocenters. The third kappa shape index (κ3) is 7.51. The van der Waals surface area contributed by atoms with Crippen LogP contribution in [-0.2, 0) is 10.0 Å². The Hall–Kier alpha value is -2.49. The fourth-order valence-corrected chi connectivity index (χ4v) is 5.45. The summed E-state index contributed by atoms with van der Waals surface area (Å²) in [5.41, 5.74) is 1.06. The summed E-state index contributed by atoms with van der Waals surface area (Å²) in [4.78, 5) is 12.7. The number of hydrogen-bond acceptors (Lipinski definition) is 5. The van der Waals surface area contributed by atoms with Crippen LogP contribution in [0, 0.1) is 0 Å². The average molecular weight is 504 g/mol. The zero-order valence-electron chi connectivity index (χ0n) is 19.6. The fourth-order valence-electron chi connectivity index (χ4n) is 3.72. The maximum absolute atomic E-state index is 12.6. The lowest BCUT2D eigenvalue weighted by atomic mass is 10.2. The molecule has 0 aliphatic carbocycles. The van der Waals surface area contributed by atoms with Gasteiger partial charge in [0.05, 0.1) is 11.5 Å². The van der Waals surface area contributed by atoms with Crippen LogP contribution in [0.1, 0.15) is 62.2 Å². The maximum Gasteiger partial charge on any atom is 0.257 e. The molecule has 0 saturated carbocycles. The number of unbranched alkanes of at least 4 members (excludes halogenated alkanes) is 4. The fraction of sp³-hybridized carbons (Fsp3) is 0.440. The van der Waals surface area contributed by atoms with Crippen LogP contribution in [-0.4, -0.2) is 43.4 Å². The zero-order chi connectivity index (χ0) is 24.4. The summed E-state index contributed by atoms with van der Waals surface area (Å²) in [7, 11) is -3.46. The van der Waals surface area contributed by atoms with Crippen LogP contribution in [0.5, 0.6) is 5.75 Å². The van der Waals surface area contributed by atoms with Crippen molar-refractivity contribution in [2.24, 2.45) is 0 Å². The molecule has 1 saturated heterocycles. The van der Waals surface area contributed by atoms with Gasteiger partial charge in [-0.1, -0.05) is 32.6 Å². The quantitative estimate of drug-likeness (QED) is 0.333. The van der Waals surface area contributed by atoms with E-state index in [-0.39, 0.29) is 15.9 Å². The van der Waals surface area contributed by atoms with Crippen LogP contribution in [0.3, 0.4) is 0 Å². The molecule has 1 aliphatic heterocycles. The highest BCUT2D eigenvalue weighted by Crippen LogP contribution is 2.22. The highest BCUT2D eigenvalue weighted by molar-refractivity contribution is 7.89. The van der Waals surface area contributed by atoms with E-state index in [1.807, 2.05) is 0 Å². The standard InChI is InChI=1S/C25H33N3O4S2/c1-2-3-4-5-8-19-32-22-13-9-20(10-14-22)24(29)27-25(33)26-21-11-15-23(16-12-21)34(30,31)28-17-6-7-18-28/h9-16H,2-8,17-19H2,1H3,(H2,26,27,29,33). The first-order valence-electron chi connectivity index (χ1n) is 11.9. The second-order valence-electron chi connectivity index (χ2n) is 8.33. The van der Waals surface area contributed by atoms with E-state index >= 15 is 0 Å². The van der Waals surface area contributed by atoms with Crippen molar-refractivity contribution < 1.29 is 17.9 Å². The first-order valence-corrected chi connectivity index (χ1v) is 13.7. The van der Waals surface area contributed by atoms with Crippen molar-refractivity contribution in [3.63, 3.8) is 0 Å². The van der Waals surface area contributed by atoms with Crippen LogP contribution in [0.4, 0.5) is 5.69 Å². The molecule has 0 atom stereocenters. The Morgan fingerprint density at radius 1 is 0.971 bits per heavy atom. The van der Waals surface area contributed by atoms with E-state index in [9.17, 15) is 13.2 Å². The molecule has 1 amide bonds. The van der Waals surface area contributed by atoms with Crippen LogP contribution in [0.15, 0.2) is 53.4 Å². The number of ether oxygens (including phenoxy) is 1. The number of carbonyl (C=O) groups is 1. The second kappa shape index (κ2) is 12.8. The predicted molar refractivity (Wildman–Crippen MR) is 139 cm³/mol. The van der Waals surface area contributed by atoms with Crippen molar-refractivity contribution in [1.29, 1.82) is 0 Å². The number of anilines is 1. The number of sulfonamides is 1. The van der Waals surface area contributed by atoms with Crippen molar-refractivity contribution in [1.82, 2.24) is 9.62 Å². The van der Waals surface area contributed by atoms with Crippen LogP contribution in [0.2, 0.25) is 0 Å². The SMILES string of the molecule is CCCCCCCOc1ccc(C(=O)NC(=S)Nc2ccc(S(=O)(=O)N3CCCC3)cc2)cc1. The Morgan fingerprint density at radius 2 is 1.62 bits per heavy atom. The van der Waals surface area contributed by atoms with Crippen molar-refractivity contribution >= 4 is 38.9 Å². The summed E-state index contributed by atoms with van der Waals surface area (Å²) < 4.78 is 32.5. The second-order valence-corrected chi connectivity index (χ2v) is 10.7. The van der Waals surface area contributed by atoms with Crippen LogP contribution in [0.25, 0.3) is 0 Å². The summed E-state index contributed by atoms with van der Waals surface area (Å²) in [6, 6.07) is 13.3. The number of thiocarbonyl (C=S) groups is 1. The molecule has 0 spiro atoms. The number of nitrogens with zero attached hydrogens (tertiary/aromatic N) is 1. The van der Waals surface area contributed by atoms with Gasteiger partial charge in [-0.05, 0) is 80.0 Å². The molecule has 0 bridgehead atoms. The smallest absolute Gasteiger partial charge is 0.257 e. The van der Waals surface area contributed by atoms with E-state index < -0.39 is 10.0 Å². The predicted octanol–water partition coefficient (Wildman–Crippen LogP) is 4.95. The number of rotatable bonds is 11. The number of hydrogen-bond donors (Lipinski definition) is 2. The van der Waals surface area contributed by atoms with E-state index in [1.54, 1.807) is 48.5 Å². The highest BCUT2D eigenvalue weighted by Gasteiger charge is 2.26. The van der Waals surface area contributed by atoms with Crippen molar-refractivity contribution in [3.05, 3.63) is 54.1 Å². The van der Waals surface area contributed by atoms with Gasteiger partial charge in [0.1, 0.15) is 5.75 Å². The van der Waals surface area contributed by atoms with E-state index in [1.165, 1.54) is 23.6 Å². The van der Waals surface area contributed by atoms with E-state index in [4.69, 9.17) is 17.0 Å². The molecule has 2 N–H and O–H groups in total. The molecule has 9 heteroatoms. The number of carbonyl (C=O) groups excluding carboxylic acids is 1. The van der Waals surface area contributed by atoms with Crippen molar-refractivity contribution in [3.8, 4) is 5.75 Å². The maximum atomic E-state index is 12.6. The minimum absolute atomic E-state index is 0.132. The number of benzene rings is 2. The first-order chi connectivity index (χ1) is 16.4. The first kappa shape index (κ1) is 26.1. The molecule has 1 heterocycles. The molecule has 2 aromatic carbocycles. The highest BCUT2D eigenvalue weighted by atomic mass is 32.2. The van der Waals surface area contributed by atoms with E-state index in [0.29, 0.717) is 30.9 Å². The molecule has 3 rings (SSSR count). The Bertz CT molecular complexity index is 1050. The lowest BCUT2D eigenvalue weighted by molar-refractivity contribution is 0.0977. The van der Waals surface area contributed by atoms with Crippen LogP contribution >= 0.6 is 12.2 Å². The van der Waals surface area contributed by atoms with Gasteiger partial charge in [-0.25, -0.2) is 8.42 Å². The van der Waals surface area contributed by atoms with Gasteiger partial charge in [0.2, 0.25) is 10.0 Å². The molecule has 184 valence electrons. The molecular weight excluding hydrogens is 470 g/mol. The normalized spacial score (nSPS) is 14.0. The molecule has 0 aromatic heterocycles. The van der Waals surface area contributed by atoms with Gasteiger partial charge in [-0.15, -0.1) is 0 Å². The Kier molecular flexibility index (Phi) is 9.86. The summed E-state index contributed by atoms with van der Waals surface area (Å²) in [6.07, 6.45) is 7.67. The summed E-state index contributed by atoms with van der Waals surface area (Å²) in [5.74, 6) is 0.397. The minimum Gasteiger partial charge on any atom is -0.494 e. The van der Waals surface area contributed by atoms with Gasteiger partial charge < -0.3 is 10.1 Å². The molecule has 7 nitrogen and oxygen atoms in total. The number of amides is 1. The van der Waals surface area contributed by atoms with Crippen molar-refractivity contribution in [2.45, 2.75) is 56.8 Å². The largest absolute Gasteiger partial charge is 0.494 e. The third-order valence-electron chi connectivity index (χ3n) is 5.68. The summed E-state index contributed by atoms with van der Waals surface area (Å²) in [5, 5.41) is 5.69. The zero-order valence-corrected chi connectivity index (χ0v) is 21.2. The molecule has 0 radical (unpaired) electrons. The molecule has 1 aliphatic rings. The lowest BCUT2D eigenvalue weighted by Crippen LogP contribution is -2.34. The topological polar surface area (TPSA) is 87.7 Å². The minimum atomic E-state index is -3.46. The van der Waals surface area contributed by atoms with Gasteiger partial charge in [-0.3, -0.25) is 10.1 Å². The monoisotopic (exact) mass is 503 g/mol. The van der Waals surface area contributed by atoms with Crippen molar-refractivity contribution in [2.75, 3.05) is 25.0 Å². The summed E-state index contributed by atoms with van der Waals surface area (Å²) >= 11 is 5.24. The van der Waals surface area contributed by atoms with Gasteiger partial charge in [0.25, 0.3) is 5.91 Å². The third-order valence-corrected chi connectivity index (χ3v) is 7.79. The van der Waals surface area contributed by atoms with Gasteiger partial charge in [0.15, 0.2) is 5.11 Å². The Balaban J connectivity index is 1.46. The summed E-state index contributed by atoms with van der Waals surface area (Å²) in [6.45, 7) is 3.98. The Labute approximate surface area is 207 Å². The van der Waals surface area contributed by atoms with E-state index in [2.05, 4.69) is 17.6 Å². The average Bonchev–Trinajstić information content (AvgIpc) is 3.38.